The van der Waals surface area contributed by atoms with Crippen molar-refractivity contribution in [3.63, 3.8) is 0 Å². The molecule has 0 saturated carbocycles. The van der Waals surface area contributed by atoms with Gasteiger partial charge >= 0.3 is 0 Å². The fourth-order valence-electron chi connectivity index (χ4n) is 2.90. The van der Waals surface area contributed by atoms with Gasteiger partial charge < -0.3 is 26.9 Å². The Balaban J connectivity index is 0.00000300. The van der Waals surface area contributed by atoms with Crippen molar-refractivity contribution in [3.8, 4) is 0 Å². The average Bonchev–Trinajstić information content (AvgIpc) is 3.29. The van der Waals surface area contributed by atoms with E-state index in [1.54, 1.807) is 0 Å². The number of nitrogens with zero attached hydrogens (tertiary/aromatic N) is 3. The molecule has 0 aliphatic carbocycles. The molecule has 0 spiro atoms. The number of ketones is 2. The number of aliphatic imine (C=N–C) groups is 1. The number of hydrogen-bond acceptors (Lipinski definition) is 6. The van der Waals surface area contributed by atoms with Crippen molar-refractivity contribution in [1.29, 1.82) is 0 Å². The first-order valence-electron chi connectivity index (χ1n) is 8.88. The van der Waals surface area contributed by atoms with Crippen molar-refractivity contribution in [3.05, 3.63) is 34.6 Å². The second-order valence-corrected chi connectivity index (χ2v) is 7.49. The van der Waals surface area contributed by atoms with Crippen molar-refractivity contribution in [2.75, 3.05) is 13.1 Å². The Hall–Kier alpha value is -1.41. The first-order chi connectivity index (χ1) is 13.4. The van der Waals surface area contributed by atoms with Crippen LogP contribution in [-0.4, -0.2) is 53.6 Å². The van der Waals surface area contributed by atoms with E-state index in [0.717, 1.165) is 10.2 Å². The number of carbonyl (C=O) groups excluding carboxylic acids is 3. The van der Waals surface area contributed by atoms with Gasteiger partial charge in [-0.2, -0.15) is 0 Å². The van der Waals surface area contributed by atoms with Gasteiger partial charge in [-0.05, 0) is 37.4 Å². The minimum Gasteiger partial charge on any atom is -0.645 e. The van der Waals surface area contributed by atoms with Crippen LogP contribution in [0.4, 0.5) is 0 Å². The van der Waals surface area contributed by atoms with Crippen molar-refractivity contribution in [2.45, 2.75) is 31.3 Å². The van der Waals surface area contributed by atoms with Crippen LogP contribution in [0.5, 0.6) is 0 Å². The maximum atomic E-state index is 13.0. The molecule has 1 saturated heterocycles. The van der Waals surface area contributed by atoms with E-state index in [2.05, 4.69) is 20.6 Å². The molecule has 1 aliphatic rings. The van der Waals surface area contributed by atoms with Gasteiger partial charge in [-0.15, -0.1) is 11.3 Å². The average molecular weight is 628 g/mol. The van der Waals surface area contributed by atoms with E-state index in [1.807, 2.05) is 24.3 Å². The number of guanidine groups is 1. The van der Waals surface area contributed by atoms with Crippen molar-refractivity contribution in [2.24, 2.45) is 16.5 Å². The Morgan fingerprint density at radius 2 is 2.10 bits per heavy atom. The molecule has 1 radical (unpaired) electrons. The smallest absolute Gasteiger partial charge is 0.213 e. The number of thiazole rings is 1. The Kier molecular flexibility index (Phi) is 9.14. The van der Waals surface area contributed by atoms with Gasteiger partial charge in [0.25, 0.3) is 0 Å². The summed E-state index contributed by atoms with van der Waals surface area (Å²) < 4.78 is 0.896. The molecule has 9 nitrogen and oxygen atoms in total. The van der Waals surface area contributed by atoms with Crippen LogP contribution < -0.4 is 16.8 Å². The third-order valence-electron chi connectivity index (χ3n) is 4.29. The van der Waals surface area contributed by atoms with Crippen molar-refractivity contribution in [1.82, 2.24) is 10.3 Å². The summed E-state index contributed by atoms with van der Waals surface area (Å²) in [6.45, 7) is 0.382. The third kappa shape index (κ3) is 6.54. The predicted molar refractivity (Wildman–Crippen MR) is 107 cm³/mol. The standard InChI is InChI=1S/C18H21N6O3S.Ac/c19-18(20)21-7-3-5-12(23-16(27)13-8-10(25)9-22-13)15(26)17-24-11-4-1-2-6-14(11)28-17;/h1-2,4,6,12-13H,3,5,7-9H2,(H,23,27)(H4,19,20,21);/q-1;/t12?,13-;/m0./s1. The van der Waals surface area contributed by atoms with Gasteiger partial charge in [0.1, 0.15) is 5.78 Å². The first kappa shape index (κ1) is 23.9. The normalized spacial score (nSPS) is 16.8. The topological polar surface area (TPSA) is 155 Å². The van der Waals surface area contributed by atoms with E-state index >= 15 is 0 Å². The van der Waals surface area contributed by atoms with Gasteiger partial charge in [0.15, 0.2) is 11.0 Å². The molecule has 1 fully saturated rings. The van der Waals surface area contributed by atoms with E-state index < -0.39 is 18.0 Å². The number of Topliss-reactive ketones (excluding diaryl/α,β-unsaturated/α-hetero) is 2. The van der Waals surface area contributed by atoms with Crippen LogP contribution in [0.3, 0.4) is 0 Å². The molecular weight excluding hydrogens is 607 g/mol. The molecule has 2 aromatic rings. The summed E-state index contributed by atoms with van der Waals surface area (Å²) in [5, 5.41) is 7.07. The summed E-state index contributed by atoms with van der Waals surface area (Å²) in [7, 11) is 0. The molecule has 29 heavy (non-hydrogen) atoms. The Morgan fingerprint density at radius 3 is 2.76 bits per heavy atom. The summed E-state index contributed by atoms with van der Waals surface area (Å²) >= 11 is 1.28. The SMILES string of the molecule is NC(N)=NCCCC(NC(=O)[C@@H]1CC(=O)C[N-]1)C(=O)c1nc2ccccc2s1.[Ac]. The summed E-state index contributed by atoms with van der Waals surface area (Å²) in [4.78, 5) is 45.1. The molecule has 1 aliphatic heterocycles. The number of para-hydroxylation sites is 1. The molecule has 11 heteroatoms. The molecule has 1 aromatic heterocycles. The summed E-state index contributed by atoms with van der Waals surface area (Å²) in [5.74, 6) is -0.806. The Labute approximate surface area is 207 Å². The molecule has 2 atom stereocenters. The Morgan fingerprint density at radius 1 is 1.34 bits per heavy atom. The number of amides is 1. The minimum absolute atomic E-state index is 0. The molecule has 2 heterocycles. The monoisotopic (exact) mass is 628 g/mol. The summed E-state index contributed by atoms with van der Waals surface area (Å²) in [5.41, 5.74) is 11.4. The zero-order chi connectivity index (χ0) is 20.1. The van der Waals surface area contributed by atoms with Gasteiger partial charge in [0.05, 0.1) is 16.3 Å². The zero-order valence-corrected chi connectivity index (χ0v) is 21.3. The molecule has 0 bridgehead atoms. The van der Waals surface area contributed by atoms with Gasteiger partial charge in [-0.25, -0.2) is 4.98 Å². The van der Waals surface area contributed by atoms with Crippen LogP contribution in [0.2, 0.25) is 0 Å². The van der Waals surface area contributed by atoms with E-state index in [9.17, 15) is 14.4 Å². The van der Waals surface area contributed by atoms with Gasteiger partial charge in [0.2, 0.25) is 11.7 Å². The summed E-state index contributed by atoms with van der Waals surface area (Å²) in [6, 6.07) is 5.92. The largest absolute Gasteiger partial charge is 0.645 e. The van der Waals surface area contributed by atoms with E-state index in [1.165, 1.54) is 11.3 Å². The van der Waals surface area contributed by atoms with E-state index in [4.69, 9.17) is 11.5 Å². The van der Waals surface area contributed by atoms with Gasteiger partial charge in [-0.3, -0.25) is 14.6 Å². The fourth-order valence-corrected chi connectivity index (χ4v) is 3.86. The predicted octanol–water partition coefficient (Wildman–Crippen LogP) is 0.733. The summed E-state index contributed by atoms with van der Waals surface area (Å²) in [6.07, 6.45) is 0.917. The molecular formula is C18H21AcN6O3S-. The molecule has 1 aromatic carbocycles. The second kappa shape index (κ2) is 11.1. The number of rotatable bonds is 8. The molecule has 1 amide bonds. The molecule has 151 valence electrons. The Bertz CT molecular complexity index is 894. The van der Waals surface area contributed by atoms with Crippen LogP contribution in [0.15, 0.2) is 29.3 Å². The van der Waals surface area contributed by atoms with Crippen LogP contribution in [0.1, 0.15) is 29.1 Å². The van der Waals surface area contributed by atoms with Crippen LogP contribution >= 0.6 is 11.3 Å². The number of nitrogens with one attached hydrogen (secondary N) is 1. The number of nitrogens with two attached hydrogens (primary N) is 2. The van der Waals surface area contributed by atoms with E-state index in [-0.39, 0.29) is 74.6 Å². The number of fused-ring (bicyclic) bond motifs is 1. The van der Waals surface area contributed by atoms with Crippen molar-refractivity contribution < 1.29 is 58.4 Å². The third-order valence-corrected chi connectivity index (χ3v) is 5.35. The van der Waals surface area contributed by atoms with Crippen LogP contribution in [0.25, 0.3) is 15.5 Å². The number of aromatic nitrogens is 1. The van der Waals surface area contributed by atoms with Crippen molar-refractivity contribution >= 4 is 45.0 Å². The maximum absolute atomic E-state index is 13.0. The van der Waals surface area contributed by atoms with Crippen LogP contribution in [-0.2, 0) is 9.59 Å². The van der Waals surface area contributed by atoms with E-state index in [0.29, 0.717) is 24.4 Å². The molecule has 1 unspecified atom stereocenters. The first-order valence-corrected chi connectivity index (χ1v) is 9.69. The molecule has 5 N–H and O–H groups in total. The van der Waals surface area contributed by atoms with Gasteiger partial charge in [-0.1, -0.05) is 18.7 Å². The minimum atomic E-state index is -0.784. The fraction of sp³-hybridized carbons (Fsp3) is 0.389. The number of carbonyl (C=O) groups is 3. The quantitative estimate of drug-likeness (QED) is 0.170. The maximum Gasteiger partial charge on any atom is 0.213 e. The number of benzene rings is 1. The zero-order valence-electron chi connectivity index (χ0n) is 15.7. The molecule has 3 rings (SSSR count). The second-order valence-electron chi connectivity index (χ2n) is 6.46. The van der Waals surface area contributed by atoms with Gasteiger partial charge in [0, 0.05) is 50.6 Å². The van der Waals surface area contributed by atoms with Crippen LogP contribution in [0, 0.1) is 44.1 Å². The number of hydrogen-bond donors (Lipinski definition) is 3.